The zero-order valence-corrected chi connectivity index (χ0v) is 10.5. The molecule has 1 saturated heterocycles. The molecule has 1 N–H and O–H groups in total. The summed E-state index contributed by atoms with van der Waals surface area (Å²) < 4.78 is 39.3. The van der Waals surface area contributed by atoms with Crippen molar-refractivity contribution in [1.82, 2.24) is 10.2 Å². The number of allylic oxidation sites excluding steroid dienone is 1. The van der Waals surface area contributed by atoms with Gasteiger partial charge >= 0.3 is 6.18 Å². The van der Waals surface area contributed by atoms with Gasteiger partial charge in [0.15, 0.2) is 5.41 Å². The van der Waals surface area contributed by atoms with E-state index in [1.165, 1.54) is 11.9 Å². The fourth-order valence-electron chi connectivity index (χ4n) is 2.18. The molecule has 0 bridgehead atoms. The topological polar surface area (TPSA) is 32.3 Å². The van der Waals surface area contributed by atoms with Crippen molar-refractivity contribution < 1.29 is 18.0 Å². The molecule has 3 nitrogen and oxygen atoms in total. The van der Waals surface area contributed by atoms with Crippen molar-refractivity contribution in [2.75, 3.05) is 26.7 Å². The van der Waals surface area contributed by atoms with Gasteiger partial charge < -0.3 is 10.2 Å². The number of rotatable bonds is 5. The maximum absolute atomic E-state index is 13.1. The van der Waals surface area contributed by atoms with Gasteiger partial charge in [0.2, 0.25) is 5.91 Å². The summed E-state index contributed by atoms with van der Waals surface area (Å²) in [5.41, 5.74) is -2.24. The first-order valence-corrected chi connectivity index (χ1v) is 5.99. The third-order valence-corrected chi connectivity index (χ3v) is 3.36. The van der Waals surface area contributed by atoms with Crippen molar-refractivity contribution in [3.63, 3.8) is 0 Å². The molecule has 0 saturated carbocycles. The van der Waals surface area contributed by atoms with Crippen molar-refractivity contribution in [3.05, 3.63) is 12.7 Å². The number of alkyl halides is 3. The number of halogens is 3. The van der Waals surface area contributed by atoms with Crippen LogP contribution < -0.4 is 5.32 Å². The largest absolute Gasteiger partial charge is 0.404 e. The Morgan fingerprint density at radius 2 is 2.22 bits per heavy atom. The first kappa shape index (κ1) is 15.0. The minimum atomic E-state index is -4.50. The maximum Gasteiger partial charge on any atom is 0.404 e. The van der Waals surface area contributed by atoms with Crippen LogP contribution in [-0.2, 0) is 4.79 Å². The van der Waals surface area contributed by atoms with Crippen molar-refractivity contribution in [3.8, 4) is 0 Å². The Morgan fingerprint density at radius 1 is 1.56 bits per heavy atom. The average Bonchev–Trinajstić information content (AvgIpc) is 2.77. The Balaban J connectivity index is 2.75. The summed E-state index contributed by atoms with van der Waals surface area (Å²) in [4.78, 5) is 13.2. The van der Waals surface area contributed by atoms with Crippen LogP contribution in [0.4, 0.5) is 13.2 Å². The van der Waals surface area contributed by atoms with E-state index in [4.69, 9.17) is 0 Å². The summed E-state index contributed by atoms with van der Waals surface area (Å²) >= 11 is 0. The van der Waals surface area contributed by atoms with Crippen molar-refractivity contribution in [2.24, 2.45) is 5.41 Å². The Kier molecular flexibility index (Phi) is 4.78. The molecule has 1 unspecified atom stereocenters. The molecule has 1 aliphatic heterocycles. The predicted octanol–water partition coefficient (Wildman–Crippen LogP) is 1.95. The van der Waals surface area contributed by atoms with Gasteiger partial charge in [-0.05, 0) is 25.8 Å². The van der Waals surface area contributed by atoms with E-state index < -0.39 is 17.5 Å². The number of nitrogens with one attached hydrogen (secondary N) is 1. The highest BCUT2D eigenvalue weighted by Gasteiger charge is 2.62. The fraction of sp³-hybridized carbons (Fsp3) is 0.750. The number of hydrogen-bond acceptors (Lipinski definition) is 2. The Bertz CT molecular complexity index is 309. The van der Waals surface area contributed by atoms with Crippen LogP contribution >= 0.6 is 0 Å². The summed E-state index contributed by atoms with van der Waals surface area (Å²) in [5.74, 6) is -0.830. The van der Waals surface area contributed by atoms with E-state index in [-0.39, 0.29) is 19.5 Å². The first-order chi connectivity index (χ1) is 8.35. The summed E-state index contributed by atoms with van der Waals surface area (Å²) in [6.45, 7) is 3.77. The third-order valence-electron chi connectivity index (χ3n) is 3.36. The average molecular weight is 264 g/mol. The van der Waals surface area contributed by atoms with E-state index in [1.807, 2.05) is 0 Å². The molecule has 18 heavy (non-hydrogen) atoms. The molecule has 0 spiro atoms. The monoisotopic (exact) mass is 264 g/mol. The van der Waals surface area contributed by atoms with Crippen LogP contribution in [-0.4, -0.2) is 43.7 Å². The Hall–Kier alpha value is -1.04. The number of unbranched alkanes of at least 4 members (excludes halogenated alkanes) is 1. The number of hydrogen-bond donors (Lipinski definition) is 1. The van der Waals surface area contributed by atoms with Crippen LogP contribution in [0.2, 0.25) is 0 Å². The molecule has 1 atom stereocenters. The molecule has 6 heteroatoms. The van der Waals surface area contributed by atoms with Gasteiger partial charge in [-0.15, -0.1) is 6.58 Å². The molecule has 1 rings (SSSR count). The van der Waals surface area contributed by atoms with E-state index in [2.05, 4.69) is 11.9 Å². The van der Waals surface area contributed by atoms with Crippen LogP contribution in [0, 0.1) is 5.41 Å². The van der Waals surface area contributed by atoms with E-state index in [9.17, 15) is 18.0 Å². The van der Waals surface area contributed by atoms with Crippen LogP contribution in [0.25, 0.3) is 0 Å². The van der Waals surface area contributed by atoms with Crippen LogP contribution in [0.5, 0.6) is 0 Å². The lowest BCUT2D eigenvalue weighted by molar-refractivity contribution is -0.221. The van der Waals surface area contributed by atoms with Crippen LogP contribution in [0.3, 0.4) is 0 Å². The molecule has 0 aliphatic carbocycles. The van der Waals surface area contributed by atoms with E-state index >= 15 is 0 Å². The zero-order valence-electron chi connectivity index (χ0n) is 10.5. The highest BCUT2D eigenvalue weighted by Crippen LogP contribution is 2.44. The SMILES string of the molecule is C=CCCCN(C)C(=O)C1(C(F)(F)F)CCNC1. The van der Waals surface area contributed by atoms with Gasteiger partial charge in [-0.1, -0.05) is 6.08 Å². The maximum atomic E-state index is 13.1. The molecule has 1 fully saturated rings. The highest BCUT2D eigenvalue weighted by atomic mass is 19.4. The molecule has 0 aromatic heterocycles. The van der Waals surface area contributed by atoms with Crippen molar-refractivity contribution >= 4 is 5.91 Å². The molecular formula is C12H19F3N2O. The molecule has 0 aromatic rings. The number of carbonyl (C=O) groups is 1. The lowest BCUT2D eigenvalue weighted by Crippen LogP contribution is -2.52. The van der Waals surface area contributed by atoms with E-state index in [0.717, 1.165) is 0 Å². The first-order valence-electron chi connectivity index (χ1n) is 5.99. The van der Waals surface area contributed by atoms with Gasteiger partial charge in [0.25, 0.3) is 0 Å². The smallest absolute Gasteiger partial charge is 0.345 e. The normalized spacial score (nSPS) is 24.0. The van der Waals surface area contributed by atoms with Gasteiger partial charge in [-0.25, -0.2) is 0 Å². The van der Waals surface area contributed by atoms with Crippen LogP contribution in [0.15, 0.2) is 12.7 Å². The second-order valence-corrected chi connectivity index (χ2v) is 4.66. The molecule has 1 heterocycles. The van der Waals surface area contributed by atoms with Gasteiger partial charge in [0.1, 0.15) is 0 Å². The lowest BCUT2D eigenvalue weighted by atomic mass is 9.84. The Labute approximate surface area is 105 Å². The van der Waals surface area contributed by atoms with E-state index in [1.54, 1.807) is 6.08 Å². The molecule has 104 valence electrons. The number of nitrogens with zero attached hydrogens (tertiary/aromatic N) is 1. The molecular weight excluding hydrogens is 245 g/mol. The molecule has 0 aromatic carbocycles. The van der Waals surface area contributed by atoms with Gasteiger partial charge in [0.05, 0.1) is 0 Å². The third kappa shape index (κ3) is 2.85. The summed E-state index contributed by atoms with van der Waals surface area (Å²) in [6.07, 6.45) is -1.67. The summed E-state index contributed by atoms with van der Waals surface area (Å²) in [7, 11) is 1.43. The second kappa shape index (κ2) is 5.73. The van der Waals surface area contributed by atoms with Gasteiger partial charge in [-0.3, -0.25) is 4.79 Å². The Morgan fingerprint density at radius 3 is 2.67 bits per heavy atom. The van der Waals surface area contributed by atoms with Crippen molar-refractivity contribution in [2.45, 2.75) is 25.4 Å². The molecule has 1 amide bonds. The quantitative estimate of drug-likeness (QED) is 0.608. The van der Waals surface area contributed by atoms with Crippen molar-refractivity contribution in [1.29, 1.82) is 0 Å². The molecule has 1 aliphatic rings. The number of carbonyl (C=O) groups excluding carboxylic acids is 1. The second-order valence-electron chi connectivity index (χ2n) is 4.66. The van der Waals surface area contributed by atoms with E-state index in [0.29, 0.717) is 19.4 Å². The minimum Gasteiger partial charge on any atom is -0.345 e. The number of amides is 1. The zero-order chi connectivity index (χ0) is 13.8. The highest BCUT2D eigenvalue weighted by molar-refractivity contribution is 5.84. The predicted molar refractivity (Wildman–Crippen MR) is 63.0 cm³/mol. The summed E-state index contributed by atoms with van der Waals surface area (Å²) in [5, 5.41) is 2.64. The standard InChI is InChI=1S/C12H19F3N2O/c1-3-4-5-8-17(2)10(18)11(12(13,14)15)6-7-16-9-11/h3,16H,1,4-9H2,2H3. The van der Waals surface area contributed by atoms with Crippen LogP contribution in [0.1, 0.15) is 19.3 Å². The molecule has 0 radical (unpaired) electrons. The van der Waals surface area contributed by atoms with Gasteiger partial charge in [0, 0.05) is 20.1 Å². The fourth-order valence-corrected chi connectivity index (χ4v) is 2.18. The lowest BCUT2D eigenvalue weighted by Gasteiger charge is -2.33. The summed E-state index contributed by atoms with van der Waals surface area (Å²) in [6, 6.07) is 0. The van der Waals surface area contributed by atoms with Gasteiger partial charge in [-0.2, -0.15) is 13.2 Å². The minimum absolute atomic E-state index is 0.179.